The Kier molecular flexibility index (Phi) is 6.63. The van der Waals surface area contributed by atoms with Gasteiger partial charge < -0.3 is 14.7 Å². The van der Waals surface area contributed by atoms with Crippen LogP contribution in [0.1, 0.15) is 26.7 Å². The van der Waals surface area contributed by atoms with Crippen LogP contribution in [-0.4, -0.2) is 60.5 Å². The molecule has 2 aromatic rings. The van der Waals surface area contributed by atoms with Crippen molar-refractivity contribution in [3.63, 3.8) is 0 Å². The number of nitrogens with zero attached hydrogens (tertiary/aromatic N) is 5. The molecule has 0 unspecified atom stereocenters. The molecule has 27 heavy (non-hydrogen) atoms. The van der Waals surface area contributed by atoms with Gasteiger partial charge in [0.05, 0.1) is 5.69 Å². The van der Waals surface area contributed by atoms with E-state index in [2.05, 4.69) is 41.8 Å². The number of benzene rings is 1. The lowest BCUT2D eigenvalue weighted by Gasteiger charge is -2.33. The Morgan fingerprint density at radius 1 is 1.00 bits per heavy atom. The average Bonchev–Trinajstić information content (AvgIpc) is 2.74. The van der Waals surface area contributed by atoms with Gasteiger partial charge in [0.15, 0.2) is 0 Å². The fraction of sp³-hybridized carbons (Fsp3) is 0.476. The highest BCUT2D eigenvalue weighted by Crippen LogP contribution is 2.25. The van der Waals surface area contributed by atoms with E-state index in [1.54, 1.807) is 4.90 Å². The van der Waals surface area contributed by atoms with E-state index >= 15 is 0 Å². The molecule has 0 atom stereocenters. The highest BCUT2D eigenvalue weighted by Gasteiger charge is 2.20. The molecule has 0 saturated carbocycles. The van der Waals surface area contributed by atoms with Crippen molar-refractivity contribution >= 4 is 18.2 Å². The van der Waals surface area contributed by atoms with E-state index in [0.717, 1.165) is 68.5 Å². The lowest BCUT2D eigenvalue weighted by Crippen LogP contribution is -2.46. The Labute approximate surface area is 161 Å². The fourth-order valence-corrected chi connectivity index (χ4v) is 3.39. The normalized spacial score (nSPS) is 14.3. The van der Waals surface area contributed by atoms with Crippen LogP contribution < -0.4 is 9.80 Å². The first kappa shape index (κ1) is 19.1. The molecule has 1 aliphatic heterocycles. The standard InChI is InChI=1S/C21H29N5O/c1-3-10-25(11-4-2)20-16-19(18-8-6-5-7-9-18)22-21(23-20)26-14-12-24(17-27)13-15-26/h5-9,16-17H,3-4,10-15H2,1-2H3. The predicted molar refractivity (Wildman–Crippen MR) is 110 cm³/mol. The molecule has 6 nitrogen and oxygen atoms in total. The van der Waals surface area contributed by atoms with Gasteiger partial charge in [0.25, 0.3) is 0 Å². The number of amides is 1. The van der Waals surface area contributed by atoms with Gasteiger partial charge in [0.2, 0.25) is 12.4 Å². The lowest BCUT2D eigenvalue weighted by atomic mass is 10.1. The third kappa shape index (κ3) is 4.76. The molecule has 1 fully saturated rings. The second kappa shape index (κ2) is 9.35. The van der Waals surface area contributed by atoms with Crippen molar-refractivity contribution in [1.29, 1.82) is 0 Å². The van der Waals surface area contributed by atoms with Gasteiger partial charge in [-0.25, -0.2) is 4.98 Å². The van der Waals surface area contributed by atoms with Crippen LogP contribution in [0.15, 0.2) is 36.4 Å². The maximum absolute atomic E-state index is 11.0. The summed E-state index contributed by atoms with van der Waals surface area (Å²) in [5.74, 6) is 1.74. The topological polar surface area (TPSA) is 52.6 Å². The number of anilines is 2. The number of carbonyl (C=O) groups excluding carboxylic acids is 1. The molecule has 1 saturated heterocycles. The third-order valence-corrected chi connectivity index (χ3v) is 4.83. The van der Waals surface area contributed by atoms with Crippen LogP contribution in [0.2, 0.25) is 0 Å². The van der Waals surface area contributed by atoms with E-state index in [1.165, 1.54) is 0 Å². The molecule has 1 amide bonds. The molecule has 0 spiro atoms. The van der Waals surface area contributed by atoms with Gasteiger partial charge >= 0.3 is 0 Å². The van der Waals surface area contributed by atoms with Crippen LogP contribution >= 0.6 is 0 Å². The Morgan fingerprint density at radius 2 is 1.67 bits per heavy atom. The average molecular weight is 367 g/mol. The molecule has 144 valence electrons. The second-order valence-electron chi connectivity index (χ2n) is 6.89. The first-order valence-electron chi connectivity index (χ1n) is 9.89. The van der Waals surface area contributed by atoms with Crippen LogP contribution in [0.25, 0.3) is 11.3 Å². The summed E-state index contributed by atoms with van der Waals surface area (Å²) >= 11 is 0. The van der Waals surface area contributed by atoms with Crippen molar-refractivity contribution in [2.24, 2.45) is 0 Å². The molecule has 0 N–H and O–H groups in total. The summed E-state index contributed by atoms with van der Waals surface area (Å²) in [6.07, 6.45) is 3.09. The summed E-state index contributed by atoms with van der Waals surface area (Å²) in [6, 6.07) is 12.4. The minimum atomic E-state index is 0.714. The molecular weight excluding hydrogens is 338 g/mol. The monoisotopic (exact) mass is 367 g/mol. The molecule has 2 heterocycles. The summed E-state index contributed by atoms with van der Waals surface area (Å²) in [5, 5.41) is 0. The SMILES string of the molecule is CCCN(CCC)c1cc(-c2ccccc2)nc(N2CCN(C=O)CC2)n1. The minimum absolute atomic E-state index is 0.714. The Bertz CT molecular complexity index is 723. The maximum atomic E-state index is 11.0. The van der Waals surface area contributed by atoms with Crippen LogP contribution in [-0.2, 0) is 4.79 Å². The van der Waals surface area contributed by atoms with Gasteiger partial charge in [-0.2, -0.15) is 4.98 Å². The van der Waals surface area contributed by atoms with Crippen LogP contribution in [0, 0.1) is 0 Å². The van der Waals surface area contributed by atoms with Gasteiger partial charge in [-0.1, -0.05) is 44.2 Å². The summed E-state index contributed by atoms with van der Waals surface area (Å²) in [5.41, 5.74) is 2.05. The summed E-state index contributed by atoms with van der Waals surface area (Å²) in [4.78, 5) is 27.1. The van der Waals surface area contributed by atoms with Crippen molar-refractivity contribution in [3.05, 3.63) is 36.4 Å². The Morgan fingerprint density at radius 3 is 2.26 bits per heavy atom. The van der Waals surface area contributed by atoms with Crippen molar-refractivity contribution in [2.75, 3.05) is 49.1 Å². The van der Waals surface area contributed by atoms with E-state index < -0.39 is 0 Å². The summed E-state index contributed by atoms with van der Waals surface area (Å²) < 4.78 is 0. The zero-order valence-corrected chi connectivity index (χ0v) is 16.3. The van der Waals surface area contributed by atoms with E-state index in [9.17, 15) is 4.79 Å². The van der Waals surface area contributed by atoms with Gasteiger partial charge in [-0.3, -0.25) is 4.79 Å². The summed E-state index contributed by atoms with van der Waals surface area (Å²) in [7, 11) is 0. The van der Waals surface area contributed by atoms with Gasteiger partial charge in [0.1, 0.15) is 5.82 Å². The quantitative estimate of drug-likeness (QED) is 0.671. The molecule has 1 aliphatic rings. The van der Waals surface area contributed by atoms with Crippen molar-refractivity contribution < 1.29 is 4.79 Å². The molecule has 0 aliphatic carbocycles. The number of rotatable bonds is 8. The third-order valence-electron chi connectivity index (χ3n) is 4.83. The molecule has 3 rings (SSSR count). The molecule has 0 bridgehead atoms. The number of aromatic nitrogens is 2. The summed E-state index contributed by atoms with van der Waals surface area (Å²) in [6.45, 7) is 9.31. The largest absolute Gasteiger partial charge is 0.356 e. The van der Waals surface area contributed by atoms with Gasteiger partial charge in [0, 0.05) is 50.9 Å². The van der Waals surface area contributed by atoms with E-state index in [-0.39, 0.29) is 0 Å². The van der Waals surface area contributed by atoms with Gasteiger partial charge in [-0.15, -0.1) is 0 Å². The highest BCUT2D eigenvalue weighted by atomic mass is 16.1. The fourth-order valence-electron chi connectivity index (χ4n) is 3.39. The smallest absolute Gasteiger partial charge is 0.228 e. The number of carbonyl (C=O) groups is 1. The van der Waals surface area contributed by atoms with Crippen molar-refractivity contribution in [2.45, 2.75) is 26.7 Å². The molecule has 1 aromatic carbocycles. The Balaban J connectivity index is 1.96. The first-order chi connectivity index (χ1) is 13.2. The first-order valence-corrected chi connectivity index (χ1v) is 9.89. The van der Waals surface area contributed by atoms with Gasteiger partial charge in [-0.05, 0) is 12.8 Å². The second-order valence-corrected chi connectivity index (χ2v) is 6.89. The molecule has 6 heteroatoms. The molecular formula is C21H29N5O. The number of piperazine rings is 1. The van der Waals surface area contributed by atoms with Crippen LogP contribution in [0.4, 0.5) is 11.8 Å². The number of hydrogen-bond donors (Lipinski definition) is 0. The predicted octanol–water partition coefficient (Wildman–Crippen LogP) is 3.05. The van der Waals surface area contributed by atoms with Crippen LogP contribution in [0.3, 0.4) is 0 Å². The van der Waals surface area contributed by atoms with Crippen molar-refractivity contribution in [3.8, 4) is 11.3 Å². The van der Waals surface area contributed by atoms with E-state index in [4.69, 9.17) is 9.97 Å². The van der Waals surface area contributed by atoms with Crippen LogP contribution in [0.5, 0.6) is 0 Å². The van der Waals surface area contributed by atoms with Crippen molar-refractivity contribution in [1.82, 2.24) is 14.9 Å². The minimum Gasteiger partial charge on any atom is -0.356 e. The lowest BCUT2D eigenvalue weighted by molar-refractivity contribution is -0.118. The molecule has 0 radical (unpaired) electrons. The van der Waals surface area contributed by atoms with E-state index in [0.29, 0.717) is 13.1 Å². The molecule has 1 aromatic heterocycles. The number of hydrogen-bond acceptors (Lipinski definition) is 5. The maximum Gasteiger partial charge on any atom is 0.228 e. The van der Waals surface area contributed by atoms with E-state index in [1.807, 2.05) is 18.2 Å². The Hall–Kier alpha value is -2.63. The zero-order chi connectivity index (χ0) is 19.1. The highest BCUT2D eigenvalue weighted by molar-refractivity contribution is 5.65. The zero-order valence-electron chi connectivity index (χ0n) is 16.3.